The van der Waals surface area contributed by atoms with Crippen molar-refractivity contribution < 1.29 is 27.5 Å². The molecule has 27 heavy (non-hydrogen) atoms. The Morgan fingerprint density at radius 3 is 2.19 bits per heavy atom. The van der Waals surface area contributed by atoms with Crippen molar-refractivity contribution in [1.29, 1.82) is 0 Å². The fourth-order valence-corrected chi connectivity index (χ4v) is 2.62. The maximum atomic E-state index is 12.1. The Hall–Kier alpha value is -2.91. The number of esters is 1. The molecule has 0 heterocycles. The van der Waals surface area contributed by atoms with Gasteiger partial charge in [0.25, 0.3) is 5.91 Å². The van der Waals surface area contributed by atoms with Crippen LogP contribution in [0.15, 0.2) is 53.4 Å². The molecule has 0 saturated heterocycles. The van der Waals surface area contributed by atoms with Gasteiger partial charge in [0.05, 0.1) is 17.1 Å². The third-order valence-corrected chi connectivity index (χ3v) is 4.43. The van der Waals surface area contributed by atoms with Crippen LogP contribution in [-0.4, -0.2) is 33.0 Å². The summed E-state index contributed by atoms with van der Waals surface area (Å²) in [5.41, 5.74) is 0.631. The number of carbonyl (C=O) groups excluding carboxylic acids is 2. The van der Waals surface area contributed by atoms with Gasteiger partial charge >= 0.3 is 5.97 Å². The second-order valence-corrected chi connectivity index (χ2v) is 7.12. The van der Waals surface area contributed by atoms with Gasteiger partial charge in [0.15, 0.2) is 6.10 Å². The summed E-state index contributed by atoms with van der Waals surface area (Å²) in [6.45, 7) is 3.80. The molecule has 2 rings (SSSR count). The maximum Gasteiger partial charge on any atom is 0.338 e. The van der Waals surface area contributed by atoms with E-state index in [0.717, 1.165) is 0 Å². The highest BCUT2D eigenvalue weighted by Gasteiger charge is 2.19. The zero-order valence-electron chi connectivity index (χ0n) is 14.8. The Morgan fingerprint density at radius 1 is 1.07 bits per heavy atom. The van der Waals surface area contributed by atoms with E-state index in [1.807, 2.05) is 6.92 Å². The molecule has 1 amide bonds. The van der Waals surface area contributed by atoms with Gasteiger partial charge in [-0.05, 0) is 62.4 Å². The van der Waals surface area contributed by atoms with Crippen LogP contribution in [0, 0.1) is 0 Å². The van der Waals surface area contributed by atoms with E-state index < -0.39 is 28.0 Å². The quantitative estimate of drug-likeness (QED) is 0.694. The molecule has 144 valence electrons. The Morgan fingerprint density at radius 2 is 1.67 bits per heavy atom. The van der Waals surface area contributed by atoms with Gasteiger partial charge in [-0.2, -0.15) is 0 Å². The third-order valence-electron chi connectivity index (χ3n) is 3.50. The number of rotatable bonds is 7. The SMILES string of the molecule is CCOc1ccc(C(=O)O[C@@H](C)C(=O)Nc2ccc(S(N)(=O)=O)cc2)cc1. The summed E-state index contributed by atoms with van der Waals surface area (Å²) in [6, 6.07) is 11.7. The van der Waals surface area contributed by atoms with Crippen molar-refractivity contribution in [2.45, 2.75) is 24.8 Å². The van der Waals surface area contributed by atoms with Gasteiger partial charge in [-0.25, -0.2) is 18.4 Å². The first-order valence-corrected chi connectivity index (χ1v) is 9.63. The summed E-state index contributed by atoms with van der Waals surface area (Å²) >= 11 is 0. The number of primary sulfonamides is 1. The van der Waals surface area contributed by atoms with E-state index in [4.69, 9.17) is 14.6 Å². The Bertz CT molecular complexity index is 908. The van der Waals surface area contributed by atoms with Crippen LogP contribution < -0.4 is 15.2 Å². The first kappa shape index (κ1) is 20.4. The van der Waals surface area contributed by atoms with Crippen LogP contribution in [0.1, 0.15) is 24.2 Å². The smallest absolute Gasteiger partial charge is 0.338 e. The van der Waals surface area contributed by atoms with E-state index in [1.165, 1.54) is 31.2 Å². The molecule has 0 aliphatic carbocycles. The highest BCUT2D eigenvalue weighted by Crippen LogP contribution is 2.15. The minimum atomic E-state index is -3.81. The van der Waals surface area contributed by atoms with E-state index in [1.54, 1.807) is 24.3 Å². The molecule has 0 unspecified atom stereocenters. The number of nitrogens with one attached hydrogen (secondary N) is 1. The highest BCUT2D eigenvalue weighted by molar-refractivity contribution is 7.89. The van der Waals surface area contributed by atoms with E-state index in [-0.39, 0.29) is 10.5 Å². The summed E-state index contributed by atoms with van der Waals surface area (Å²) in [5, 5.41) is 7.54. The number of carbonyl (C=O) groups is 2. The van der Waals surface area contributed by atoms with Crippen molar-refractivity contribution in [3.8, 4) is 5.75 Å². The number of hydrogen-bond acceptors (Lipinski definition) is 6. The van der Waals surface area contributed by atoms with Crippen LogP contribution in [0.3, 0.4) is 0 Å². The van der Waals surface area contributed by atoms with Crippen LogP contribution in [0.25, 0.3) is 0 Å². The monoisotopic (exact) mass is 392 g/mol. The van der Waals surface area contributed by atoms with Crippen LogP contribution in [0.2, 0.25) is 0 Å². The van der Waals surface area contributed by atoms with E-state index in [9.17, 15) is 18.0 Å². The molecule has 0 aromatic heterocycles. The lowest BCUT2D eigenvalue weighted by molar-refractivity contribution is -0.123. The molecule has 1 atom stereocenters. The normalized spacial score (nSPS) is 12.1. The average molecular weight is 392 g/mol. The molecule has 0 bridgehead atoms. The minimum Gasteiger partial charge on any atom is -0.494 e. The number of ether oxygens (including phenoxy) is 2. The van der Waals surface area contributed by atoms with Crippen molar-refractivity contribution in [2.24, 2.45) is 5.14 Å². The number of hydrogen-bond donors (Lipinski definition) is 2. The van der Waals surface area contributed by atoms with Crippen molar-refractivity contribution in [3.63, 3.8) is 0 Å². The lowest BCUT2D eigenvalue weighted by atomic mass is 10.2. The zero-order chi connectivity index (χ0) is 20.0. The lowest BCUT2D eigenvalue weighted by Crippen LogP contribution is -2.30. The molecule has 2 aromatic carbocycles. The highest BCUT2D eigenvalue weighted by atomic mass is 32.2. The van der Waals surface area contributed by atoms with Crippen LogP contribution in [0.4, 0.5) is 5.69 Å². The molecule has 9 heteroatoms. The first-order chi connectivity index (χ1) is 12.7. The summed E-state index contributed by atoms with van der Waals surface area (Å²) < 4.78 is 32.9. The van der Waals surface area contributed by atoms with Gasteiger partial charge in [-0.1, -0.05) is 0 Å². The molecule has 0 fully saturated rings. The Labute approximate surface area is 157 Å². The van der Waals surface area contributed by atoms with Crippen molar-refractivity contribution in [2.75, 3.05) is 11.9 Å². The molecule has 0 radical (unpaired) electrons. The van der Waals surface area contributed by atoms with E-state index >= 15 is 0 Å². The van der Waals surface area contributed by atoms with Crippen LogP contribution >= 0.6 is 0 Å². The molecule has 3 N–H and O–H groups in total. The van der Waals surface area contributed by atoms with Gasteiger partial charge in [-0.3, -0.25) is 4.79 Å². The number of anilines is 1. The molecule has 0 spiro atoms. The number of nitrogens with two attached hydrogens (primary N) is 1. The summed E-state index contributed by atoms with van der Waals surface area (Å²) in [5.74, 6) is -0.578. The maximum absolute atomic E-state index is 12.1. The predicted octanol–water partition coefficient (Wildman–Crippen LogP) is 1.92. The molecule has 0 saturated carbocycles. The number of benzene rings is 2. The standard InChI is InChI=1S/C18H20N2O6S/c1-3-25-15-8-4-13(5-9-15)18(22)26-12(2)17(21)20-14-6-10-16(11-7-14)27(19,23)24/h4-12H,3H2,1-2H3,(H,20,21)(H2,19,23,24)/t12-/m0/s1. The zero-order valence-corrected chi connectivity index (χ0v) is 15.7. The molecule has 8 nitrogen and oxygen atoms in total. The van der Waals surface area contributed by atoms with Gasteiger partial charge in [0, 0.05) is 5.69 Å². The fourth-order valence-electron chi connectivity index (χ4n) is 2.11. The van der Waals surface area contributed by atoms with Crippen molar-refractivity contribution in [1.82, 2.24) is 0 Å². The van der Waals surface area contributed by atoms with Gasteiger partial charge in [0.2, 0.25) is 10.0 Å². The summed E-state index contributed by atoms with van der Waals surface area (Å²) in [4.78, 5) is 24.2. The fraction of sp³-hybridized carbons (Fsp3) is 0.222. The number of sulfonamides is 1. The third kappa shape index (κ3) is 5.80. The molecule has 2 aromatic rings. The first-order valence-electron chi connectivity index (χ1n) is 8.08. The van der Waals surface area contributed by atoms with Crippen LogP contribution in [-0.2, 0) is 19.6 Å². The van der Waals surface area contributed by atoms with E-state index in [2.05, 4.69) is 5.32 Å². The van der Waals surface area contributed by atoms with Crippen LogP contribution in [0.5, 0.6) is 5.75 Å². The second kappa shape index (κ2) is 8.65. The van der Waals surface area contributed by atoms with Crippen molar-refractivity contribution >= 4 is 27.6 Å². The summed E-state index contributed by atoms with van der Waals surface area (Å²) in [6.07, 6.45) is -1.05. The Kier molecular flexibility index (Phi) is 6.54. The second-order valence-electron chi connectivity index (χ2n) is 5.56. The average Bonchev–Trinajstić information content (AvgIpc) is 2.62. The minimum absolute atomic E-state index is 0.0736. The Balaban J connectivity index is 1.95. The van der Waals surface area contributed by atoms with Gasteiger partial charge in [-0.15, -0.1) is 0 Å². The summed E-state index contributed by atoms with van der Waals surface area (Å²) in [7, 11) is -3.81. The molecule has 0 aliphatic heterocycles. The predicted molar refractivity (Wildman–Crippen MR) is 98.9 cm³/mol. The van der Waals surface area contributed by atoms with Gasteiger partial charge < -0.3 is 14.8 Å². The topological polar surface area (TPSA) is 125 Å². The number of amides is 1. The van der Waals surface area contributed by atoms with Crippen molar-refractivity contribution in [3.05, 3.63) is 54.1 Å². The lowest BCUT2D eigenvalue weighted by Gasteiger charge is -2.14. The molecular formula is C18H20N2O6S. The van der Waals surface area contributed by atoms with Gasteiger partial charge in [0.1, 0.15) is 5.75 Å². The van der Waals surface area contributed by atoms with E-state index in [0.29, 0.717) is 18.0 Å². The molecular weight excluding hydrogens is 372 g/mol. The largest absolute Gasteiger partial charge is 0.494 e. The molecule has 0 aliphatic rings.